The zero-order chi connectivity index (χ0) is 33.9. The number of para-hydroxylation sites is 2. The van der Waals surface area contributed by atoms with Crippen molar-refractivity contribution in [1.29, 1.82) is 0 Å². The fourth-order valence-electron chi connectivity index (χ4n) is 4.05. The average molecular weight is 671 g/mol. The molecule has 0 unspecified atom stereocenters. The van der Waals surface area contributed by atoms with Crippen LogP contribution in [-0.4, -0.2) is 78.0 Å². The number of nitro groups is 1. The fraction of sp³-hybridized carbons (Fsp3) is 0.467. The molecular formula is C30H46N8O6Si2. The highest BCUT2D eigenvalue weighted by molar-refractivity contribution is 6.76. The maximum Gasteiger partial charge on any atom is 0.311 e. The quantitative estimate of drug-likeness (QED) is 0.0516. The van der Waals surface area contributed by atoms with Crippen molar-refractivity contribution in [3.8, 4) is 34.3 Å². The van der Waals surface area contributed by atoms with Gasteiger partial charge in [-0.25, -0.2) is 19.3 Å². The molecule has 2 aromatic carbocycles. The van der Waals surface area contributed by atoms with Crippen molar-refractivity contribution < 1.29 is 23.9 Å². The molecule has 0 fully saturated rings. The van der Waals surface area contributed by atoms with Crippen LogP contribution in [0.25, 0.3) is 22.8 Å². The Balaban J connectivity index is 0.000000251. The topological polar surface area (TPSA) is 168 Å². The predicted molar refractivity (Wildman–Crippen MR) is 183 cm³/mol. The number of ether oxygens (including phenoxy) is 4. The standard InChI is InChI=1S/C15H22N4O4Si.C15H24N4O2Si/c1-22-14-12(6-5-7-13(14)19(20)21)15-16-10-18(17-15)11-23-8-9-24(2,3)4;1-20-14-12(6-5-7-13(14)16)15-17-10-19(18-15)11-21-8-9-22(2,3)4/h5-7,10H,8-9,11H2,1-4H3;5-7,10H,8-9,11,16H2,1-4H3. The summed E-state index contributed by atoms with van der Waals surface area (Å²) in [4.78, 5) is 19.1. The number of methoxy groups -OCH3 is 2. The summed E-state index contributed by atoms with van der Waals surface area (Å²) in [6.07, 6.45) is 3.20. The van der Waals surface area contributed by atoms with E-state index < -0.39 is 21.1 Å². The average Bonchev–Trinajstić information content (AvgIpc) is 3.66. The summed E-state index contributed by atoms with van der Waals surface area (Å²) in [5.41, 5.74) is 7.63. The Labute approximate surface area is 272 Å². The summed E-state index contributed by atoms with van der Waals surface area (Å²) in [5, 5.41) is 19.8. The van der Waals surface area contributed by atoms with Crippen LogP contribution in [0.2, 0.25) is 51.4 Å². The van der Waals surface area contributed by atoms with Gasteiger partial charge < -0.3 is 24.7 Å². The monoisotopic (exact) mass is 670 g/mol. The van der Waals surface area contributed by atoms with Crippen LogP contribution in [0.15, 0.2) is 49.1 Å². The molecule has 2 N–H and O–H groups in total. The van der Waals surface area contributed by atoms with Crippen LogP contribution in [0.4, 0.5) is 11.4 Å². The lowest BCUT2D eigenvalue weighted by Crippen LogP contribution is -2.22. The molecule has 0 aliphatic carbocycles. The van der Waals surface area contributed by atoms with E-state index in [9.17, 15) is 10.1 Å². The van der Waals surface area contributed by atoms with Gasteiger partial charge in [-0.15, -0.1) is 10.2 Å². The van der Waals surface area contributed by atoms with Gasteiger partial charge in [-0.3, -0.25) is 10.1 Å². The largest absolute Gasteiger partial charge is 0.494 e. The SMILES string of the molecule is COc1c(-c2ncn(COCC[Si](C)(C)C)n2)cccc1[N+](=O)[O-].COc1c(N)cccc1-c1ncn(COCC[Si](C)(C)C)n1. The summed E-state index contributed by atoms with van der Waals surface area (Å²) in [6, 6.07) is 12.4. The molecule has 14 nitrogen and oxygen atoms in total. The van der Waals surface area contributed by atoms with E-state index in [1.165, 1.54) is 13.2 Å². The molecule has 16 heteroatoms. The first-order valence-corrected chi connectivity index (χ1v) is 22.3. The second-order valence-corrected chi connectivity index (χ2v) is 24.2. The molecular weight excluding hydrogens is 625 g/mol. The molecule has 0 bridgehead atoms. The summed E-state index contributed by atoms with van der Waals surface area (Å²) >= 11 is 0. The Morgan fingerprint density at radius 1 is 0.761 bits per heavy atom. The number of hydrogen-bond donors (Lipinski definition) is 1. The molecule has 250 valence electrons. The first-order valence-electron chi connectivity index (χ1n) is 14.9. The molecule has 0 radical (unpaired) electrons. The van der Waals surface area contributed by atoms with Crippen LogP contribution in [0.5, 0.6) is 11.5 Å². The first kappa shape index (κ1) is 36.3. The van der Waals surface area contributed by atoms with Gasteiger partial charge in [0, 0.05) is 35.4 Å². The number of nitrogen functional groups attached to an aromatic ring is 1. The number of nitro benzene ring substituents is 1. The van der Waals surface area contributed by atoms with E-state index in [0.717, 1.165) is 24.3 Å². The highest BCUT2D eigenvalue weighted by atomic mass is 28.3. The lowest BCUT2D eigenvalue weighted by molar-refractivity contribution is -0.385. The third-order valence-corrected chi connectivity index (χ3v) is 10.0. The van der Waals surface area contributed by atoms with Crippen molar-refractivity contribution in [2.24, 2.45) is 0 Å². The van der Waals surface area contributed by atoms with Gasteiger partial charge in [0.05, 0.1) is 36.0 Å². The lowest BCUT2D eigenvalue weighted by atomic mass is 10.1. The first-order chi connectivity index (χ1) is 21.7. The van der Waals surface area contributed by atoms with Gasteiger partial charge in [-0.2, -0.15) is 0 Å². The molecule has 2 heterocycles. The maximum absolute atomic E-state index is 11.1. The summed E-state index contributed by atoms with van der Waals surface area (Å²) in [7, 11) is 0.795. The zero-order valence-corrected chi connectivity index (χ0v) is 30.0. The Bertz CT molecular complexity index is 1570. The Hall–Kier alpha value is -4.13. The van der Waals surface area contributed by atoms with Gasteiger partial charge in [0.1, 0.15) is 26.1 Å². The van der Waals surface area contributed by atoms with Crippen LogP contribution < -0.4 is 15.2 Å². The Morgan fingerprint density at radius 2 is 1.22 bits per heavy atom. The van der Waals surface area contributed by atoms with Gasteiger partial charge in [0.25, 0.3) is 0 Å². The summed E-state index contributed by atoms with van der Waals surface area (Å²) in [5.74, 6) is 1.70. The number of rotatable bonds is 15. The molecule has 0 atom stereocenters. The molecule has 4 rings (SSSR count). The van der Waals surface area contributed by atoms with Crippen LogP contribution in [0.3, 0.4) is 0 Å². The minimum absolute atomic E-state index is 0.113. The van der Waals surface area contributed by atoms with Gasteiger partial charge in [-0.05, 0) is 30.3 Å². The number of anilines is 1. The van der Waals surface area contributed by atoms with Crippen LogP contribution in [0, 0.1) is 10.1 Å². The Morgan fingerprint density at radius 3 is 1.65 bits per heavy atom. The third kappa shape index (κ3) is 11.0. The number of aromatic nitrogens is 6. The molecule has 0 spiro atoms. The smallest absolute Gasteiger partial charge is 0.311 e. The van der Waals surface area contributed by atoms with Crippen LogP contribution in [-0.2, 0) is 22.9 Å². The molecule has 0 amide bonds. The van der Waals surface area contributed by atoms with E-state index in [-0.39, 0.29) is 11.4 Å². The second-order valence-electron chi connectivity index (χ2n) is 13.0. The van der Waals surface area contributed by atoms with Crippen molar-refractivity contribution in [2.45, 2.75) is 64.8 Å². The number of nitrogens with two attached hydrogens (primary N) is 1. The highest BCUT2D eigenvalue weighted by Crippen LogP contribution is 2.36. The molecule has 0 saturated carbocycles. The zero-order valence-electron chi connectivity index (χ0n) is 28.0. The van der Waals surface area contributed by atoms with Crippen molar-refractivity contribution in [2.75, 3.05) is 33.2 Å². The van der Waals surface area contributed by atoms with Crippen LogP contribution >= 0.6 is 0 Å². The van der Waals surface area contributed by atoms with E-state index in [2.05, 4.69) is 59.4 Å². The normalized spacial score (nSPS) is 11.6. The molecule has 0 aliphatic rings. The van der Waals surface area contributed by atoms with Crippen molar-refractivity contribution in [3.63, 3.8) is 0 Å². The van der Waals surface area contributed by atoms with Crippen molar-refractivity contribution in [1.82, 2.24) is 29.5 Å². The van der Waals surface area contributed by atoms with Crippen LogP contribution in [0.1, 0.15) is 0 Å². The summed E-state index contributed by atoms with van der Waals surface area (Å²) in [6.45, 7) is 16.0. The van der Waals surface area contributed by atoms with E-state index in [0.29, 0.717) is 48.7 Å². The molecule has 46 heavy (non-hydrogen) atoms. The Kier molecular flexibility index (Phi) is 13.0. The second kappa shape index (κ2) is 16.4. The highest BCUT2D eigenvalue weighted by Gasteiger charge is 2.21. The maximum atomic E-state index is 11.1. The lowest BCUT2D eigenvalue weighted by Gasteiger charge is -2.15. The number of hydrogen-bond acceptors (Lipinski definition) is 11. The minimum atomic E-state index is -1.12. The van der Waals surface area contributed by atoms with Gasteiger partial charge in [0.15, 0.2) is 17.4 Å². The van der Waals surface area contributed by atoms with E-state index in [4.69, 9.17) is 24.7 Å². The molecule has 0 aliphatic heterocycles. The van der Waals surface area contributed by atoms with Gasteiger partial charge in [-0.1, -0.05) is 51.4 Å². The predicted octanol–water partition coefficient (Wildman–Crippen LogP) is 6.02. The number of nitrogens with zero attached hydrogens (tertiary/aromatic N) is 7. The van der Waals surface area contributed by atoms with E-state index in [1.807, 2.05) is 12.1 Å². The molecule has 4 aromatic rings. The van der Waals surface area contributed by atoms with Crippen molar-refractivity contribution >= 4 is 27.5 Å². The van der Waals surface area contributed by atoms with Gasteiger partial charge >= 0.3 is 5.69 Å². The molecule has 2 aromatic heterocycles. The number of benzene rings is 2. The molecule has 0 saturated heterocycles. The van der Waals surface area contributed by atoms with E-state index in [1.54, 1.807) is 47.3 Å². The fourth-order valence-corrected chi connectivity index (χ4v) is 5.56. The van der Waals surface area contributed by atoms with Crippen molar-refractivity contribution in [3.05, 3.63) is 59.2 Å². The summed E-state index contributed by atoms with van der Waals surface area (Å²) < 4.78 is 25.0. The minimum Gasteiger partial charge on any atom is -0.494 e. The third-order valence-electron chi connectivity index (χ3n) is 6.64. The van der Waals surface area contributed by atoms with Gasteiger partial charge in [0.2, 0.25) is 5.75 Å². The van der Waals surface area contributed by atoms with E-state index >= 15 is 0 Å².